The lowest BCUT2D eigenvalue weighted by molar-refractivity contribution is -0.118. The monoisotopic (exact) mass is 222 g/mol. The second kappa shape index (κ2) is 4.66. The van der Waals surface area contributed by atoms with Crippen LogP contribution in [0.3, 0.4) is 0 Å². The van der Waals surface area contributed by atoms with Crippen molar-refractivity contribution < 1.29 is 4.79 Å². The van der Waals surface area contributed by atoms with Crippen molar-refractivity contribution in [2.24, 2.45) is 0 Å². The van der Waals surface area contributed by atoms with Gasteiger partial charge in [-0.1, -0.05) is 6.07 Å². The Morgan fingerprint density at radius 3 is 3.07 bits per heavy atom. The molecular weight excluding hydrogens is 208 g/mol. The van der Waals surface area contributed by atoms with E-state index in [2.05, 4.69) is 11.1 Å². The second-order valence-electron chi connectivity index (χ2n) is 3.64. The van der Waals surface area contributed by atoms with Gasteiger partial charge in [-0.05, 0) is 30.7 Å². The van der Waals surface area contributed by atoms with Crippen molar-refractivity contribution in [2.75, 3.05) is 12.8 Å². The normalized spacial score (nSPS) is 20.6. The highest BCUT2D eigenvalue weighted by Crippen LogP contribution is 2.30. The summed E-state index contributed by atoms with van der Waals surface area (Å²) in [5.74, 6) is 0. The molecule has 1 atom stereocenters. The van der Waals surface area contributed by atoms with Crippen LogP contribution in [0, 0.1) is 0 Å². The highest BCUT2D eigenvalue weighted by atomic mass is 32.2. The Labute approximate surface area is 93.9 Å². The predicted molar refractivity (Wildman–Crippen MR) is 60.8 cm³/mol. The molecule has 80 valence electrons. The van der Waals surface area contributed by atoms with Gasteiger partial charge in [0.15, 0.2) is 0 Å². The molecule has 0 bridgehead atoms. The number of likely N-dealkylation sites (tertiary alicyclic amines) is 1. The van der Waals surface area contributed by atoms with Gasteiger partial charge in [-0.3, -0.25) is 4.79 Å². The summed E-state index contributed by atoms with van der Waals surface area (Å²) in [6.45, 7) is 0.873. The van der Waals surface area contributed by atoms with E-state index >= 15 is 0 Å². The van der Waals surface area contributed by atoms with Crippen LogP contribution in [0.2, 0.25) is 0 Å². The number of hydrogen-bond donors (Lipinski definition) is 0. The van der Waals surface area contributed by atoms with Gasteiger partial charge < -0.3 is 4.90 Å². The number of aromatic nitrogens is 1. The quantitative estimate of drug-likeness (QED) is 0.580. The minimum atomic E-state index is 0.242. The molecule has 1 aliphatic heterocycles. The largest absolute Gasteiger partial charge is 0.338 e. The third-order valence-electron chi connectivity index (χ3n) is 2.78. The molecule has 4 heteroatoms. The fraction of sp³-hybridized carbons (Fsp3) is 0.455. The van der Waals surface area contributed by atoms with E-state index < -0.39 is 0 Å². The van der Waals surface area contributed by atoms with E-state index in [1.54, 1.807) is 11.8 Å². The lowest BCUT2D eigenvalue weighted by atomic mass is 10.1. The molecule has 2 heterocycles. The maximum atomic E-state index is 10.8. The molecule has 15 heavy (non-hydrogen) atoms. The Morgan fingerprint density at radius 2 is 2.47 bits per heavy atom. The molecule has 1 saturated heterocycles. The zero-order valence-electron chi connectivity index (χ0n) is 8.72. The number of thioether (sulfide) groups is 1. The maximum Gasteiger partial charge on any atom is 0.210 e. The third kappa shape index (κ3) is 2.15. The lowest BCUT2D eigenvalue weighted by Gasteiger charge is -2.19. The standard InChI is InChI=1S/C11H14N2OS/c1-15-11-5-4-9(7-12-11)10-3-2-6-13(10)8-14/h4-5,7-8,10H,2-3,6H2,1H3/t10-/m0/s1. The first-order chi connectivity index (χ1) is 7.35. The first kappa shape index (κ1) is 10.5. The molecule has 1 fully saturated rings. The number of amides is 1. The molecule has 0 saturated carbocycles. The van der Waals surface area contributed by atoms with Crippen molar-refractivity contribution in [3.05, 3.63) is 23.9 Å². The molecule has 0 N–H and O–H groups in total. The highest BCUT2D eigenvalue weighted by Gasteiger charge is 2.24. The van der Waals surface area contributed by atoms with Crippen LogP contribution in [0.4, 0.5) is 0 Å². The summed E-state index contributed by atoms with van der Waals surface area (Å²) in [5.41, 5.74) is 1.15. The van der Waals surface area contributed by atoms with Gasteiger partial charge in [0.25, 0.3) is 0 Å². The number of hydrogen-bond acceptors (Lipinski definition) is 3. The first-order valence-corrected chi connectivity index (χ1v) is 6.28. The molecule has 1 amide bonds. The zero-order chi connectivity index (χ0) is 10.7. The van der Waals surface area contributed by atoms with Crippen molar-refractivity contribution in [1.82, 2.24) is 9.88 Å². The average Bonchev–Trinajstić information content (AvgIpc) is 2.77. The Hall–Kier alpha value is -1.03. The Balaban J connectivity index is 2.17. The van der Waals surface area contributed by atoms with Crippen LogP contribution in [-0.4, -0.2) is 29.1 Å². The van der Waals surface area contributed by atoms with Gasteiger partial charge in [-0.25, -0.2) is 4.98 Å². The van der Waals surface area contributed by atoms with Gasteiger partial charge in [-0.15, -0.1) is 11.8 Å². The predicted octanol–water partition coefficient (Wildman–Crippen LogP) is 2.10. The Kier molecular flexibility index (Phi) is 3.26. The molecular formula is C11H14N2OS. The molecule has 1 aromatic heterocycles. The summed E-state index contributed by atoms with van der Waals surface area (Å²) in [7, 11) is 0. The Bertz CT molecular complexity index is 339. The van der Waals surface area contributed by atoms with E-state index in [-0.39, 0.29) is 6.04 Å². The van der Waals surface area contributed by atoms with Gasteiger partial charge in [0, 0.05) is 12.7 Å². The molecule has 0 radical (unpaired) electrons. The fourth-order valence-corrected chi connectivity index (χ4v) is 2.35. The molecule has 2 rings (SSSR count). The number of rotatable bonds is 3. The van der Waals surface area contributed by atoms with Crippen LogP contribution in [0.5, 0.6) is 0 Å². The summed E-state index contributed by atoms with van der Waals surface area (Å²) in [6, 6.07) is 4.33. The van der Waals surface area contributed by atoms with Gasteiger partial charge in [0.05, 0.1) is 11.1 Å². The molecule has 0 aliphatic carbocycles. The van der Waals surface area contributed by atoms with Gasteiger partial charge >= 0.3 is 0 Å². The second-order valence-corrected chi connectivity index (χ2v) is 4.46. The van der Waals surface area contributed by atoms with Crippen LogP contribution in [0.15, 0.2) is 23.4 Å². The smallest absolute Gasteiger partial charge is 0.210 e. The number of nitrogens with zero attached hydrogens (tertiary/aromatic N) is 2. The van der Waals surface area contributed by atoms with E-state index in [0.29, 0.717) is 0 Å². The van der Waals surface area contributed by atoms with Crippen LogP contribution < -0.4 is 0 Å². The van der Waals surface area contributed by atoms with E-state index in [4.69, 9.17) is 0 Å². The summed E-state index contributed by atoms with van der Waals surface area (Å²) in [5, 5.41) is 1.02. The average molecular weight is 222 g/mol. The maximum absolute atomic E-state index is 10.8. The van der Waals surface area contributed by atoms with Gasteiger partial charge in [0.1, 0.15) is 0 Å². The SMILES string of the molecule is CSc1ccc([C@@H]2CCCN2C=O)cn1. The highest BCUT2D eigenvalue weighted by molar-refractivity contribution is 7.98. The van der Waals surface area contributed by atoms with Gasteiger partial charge in [-0.2, -0.15) is 0 Å². The summed E-state index contributed by atoms with van der Waals surface area (Å²) in [4.78, 5) is 17.0. The number of carbonyl (C=O) groups excluding carboxylic acids is 1. The van der Waals surface area contributed by atoms with Crippen molar-refractivity contribution in [1.29, 1.82) is 0 Å². The van der Waals surface area contributed by atoms with Crippen LogP contribution >= 0.6 is 11.8 Å². The lowest BCUT2D eigenvalue weighted by Crippen LogP contribution is -2.21. The van der Waals surface area contributed by atoms with Gasteiger partial charge in [0.2, 0.25) is 6.41 Å². The van der Waals surface area contributed by atoms with Crippen molar-refractivity contribution >= 4 is 18.2 Å². The van der Waals surface area contributed by atoms with Crippen molar-refractivity contribution in [2.45, 2.75) is 23.9 Å². The van der Waals surface area contributed by atoms with Crippen LogP contribution in [0.1, 0.15) is 24.4 Å². The fourth-order valence-electron chi connectivity index (χ4n) is 1.98. The van der Waals surface area contributed by atoms with E-state index in [0.717, 1.165) is 36.4 Å². The van der Waals surface area contributed by atoms with E-state index in [1.165, 1.54) is 0 Å². The molecule has 0 spiro atoms. The minimum Gasteiger partial charge on any atom is -0.338 e. The van der Waals surface area contributed by atoms with E-state index in [9.17, 15) is 4.79 Å². The molecule has 0 aromatic carbocycles. The van der Waals surface area contributed by atoms with Crippen molar-refractivity contribution in [3.8, 4) is 0 Å². The third-order valence-corrected chi connectivity index (χ3v) is 3.44. The zero-order valence-corrected chi connectivity index (χ0v) is 9.54. The molecule has 1 aromatic rings. The summed E-state index contributed by atoms with van der Waals surface area (Å²) in [6.07, 6.45) is 6.99. The van der Waals surface area contributed by atoms with Crippen LogP contribution in [-0.2, 0) is 4.79 Å². The topological polar surface area (TPSA) is 33.2 Å². The Morgan fingerprint density at radius 1 is 1.60 bits per heavy atom. The number of pyridine rings is 1. The van der Waals surface area contributed by atoms with Crippen molar-refractivity contribution in [3.63, 3.8) is 0 Å². The minimum absolute atomic E-state index is 0.242. The summed E-state index contributed by atoms with van der Waals surface area (Å²) < 4.78 is 0. The molecule has 1 aliphatic rings. The molecule has 0 unspecified atom stereocenters. The first-order valence-electron chi connectivity index (χ1n) is 5.06. The summed E-state index contributed by atoms with van der Waals surface area (Å²) >= 11 is 1.63. The van der Waals surface area contributed by atoms with E-state index in [1.807, 2.05) is 23.4 Å². The van der Waals surface area contributed by atoms with Crippen LogP contribution in [0.25, 0.3) is 0 Å². The number of carbonyl (C=O) groups is 1. The molecule has 3 nitrogen and oxygen atoms in total.